The zero-order valence-electron chi connectivity index (χ0n) is 24.3. The fraction of sp³-hybridized carbons (Fsp3) is 0. The summed E-state index contributed by atoms with van der Waals surface area (Å²) in [6, 6.07) is 54.6. The molecule has 3 nitrogen and oxygen atoms in total. The summed E-state index contributed by atoms with van der Waals surface area (Å²) >= 11 is 0. The molecule has 0 amide bonds. The first-order valence-electron chi connectivity index (χ1n) is 14.9. The van der Waals surface area contributed by atoms with Crippen LogP contribution in [0.15, 0.2) is 146 Å². The minimum absolute atomic E-state index is 0.360. The van der Waals surface area contributed by atoms with Crippen LogP contribution in [-0.4, -0.2) is 0 Å². The second-order valence-electron chi connectivity index (χ2n) is 11.2. The topological polar surface area (TPSA) is 59.6 Å². The lowest BCUT2D eigenvalue weighted by Crippen LogP contribution is -2.01. The minimum atomic E-state index is 0.360. The summed E-state index contributed by atoms with van der Waals surface area (Å²) < 4.78 is 0. The molecule has 0 saturated carbocycles. The Morgan fingerprint density at radius 1 is 0.444 bits per heavy atom. The molecule has 8 aromatic carbocycles. The second-order valence-corrected chi connectivity index (χ2v) is 11.2. The van der Waals surface area contributed by atoms with Gasteiger partial charge in [-0.3, -0.25) is 0 Å². The van der Waals surface area contributed by atoms with Gasteiger partial charge in [0.25, 0.3) is 0 Å². The molecule has 0 radical (unpaired) electrons. The first kappa shape index (κ1) is 26.2. The maximum atomic E-state index is 10.7. The van der Waals surface area contributed by atoms with Crippen LogP contribution < -0.4 is 5.32 Å². The first-order valence-corrected chi connectivity index (χ1v) is 14.9. The summed E-state index contributed by atoms with van der Waals surface area (Å²) in [5.41, 5.74) is 6.25. The van der Waals surface area contributed by atoms with Gasteiger partial charge >= 0.3 is 0 Å². The van der Waals surface area contributed by atoms with Crippen LogP contribution in [0.3, 0.4) is 0 Å². The van der Waals surface area contributed by atoms with E-state index in [1.54, 1.807) is 0 Å². The number of benzene rings is 8. The third-order valence-electron chi connectivity index (χ3n) is 8.67. The molecular formula is C42H25N3. The van der Waals surface area contributed by atoms with Crippen LogP contribution in [0.4, 0.5) is 11.4 Å². The molecule has 8 rings (SSSR count). The van der Waals surface area contributed by atoms with E-state index in [2.05, 4.69) is 115 Å². The van der Waals surface area contributed by atoms with Gasteiger partial charge < -0.3 is 5.32 Å². The summed E-state index contributed by atoms with van der Waals surface area (Å²) in [5, 5.41) is 33.3. The molecule has 0 unspecified atom stereocenters. The van der Waals surface area contributed by atoms with E-state index in [4.69, 9.17) is 0 Å². The molecular weight excluding hydrogens is 546 g/mol. The molecule has 0 fully saturated rings. The Morgan fingerprint density at radius 2 is 1.09 bits per heavy atom. The van der Waals surface area contributed by atoms with Gasteiger partial charge in [-0.2, -0.15) is 10.5 Å². The summed E-state index contributed by atoms with van der Waals surface area (Å²) in [4.78, 5) is 0. The third kappa shape index (κ3) is 4.35. The van der Waals surface area contributed by atoms with Gasteiger partial charge in [0.1, 0.15) is 12.1 Å². The molecule has 0 aliphatic carbocycles. The molecule has 3 heteroatoms. The lowest BCUT2D eigenvalue weighted by atomic mass is 9.83. The number of hydrogen-bond donors (Lipinski definition) is 1. The molecule has 45 heavy (non-hydrogen) atoms. The molecule has 0 heterocycles. The summed E-state index contributed by atoms with van der Waals surface area (Å²) in [5.74, 6) is 0. The van der Waals surface area contributed by atoms with Gasteiger partial charge in [0.05, 0.1) is 16.8 Å². The van der Waals surface area contributed by atoms with E-state index >= 15 is 0 Å². The smallest absolute Gasteiger partial charge is 0.101 e. The maximum absolute atomic E-state index is 10.7. The number of fused-ring (bicyclic) bond motifs is 4. The second kappa shape index (κ2) is 10.7. The van der Waals surface area contributed by atoms with Crippen molar-refractivity contribution < 1.29 is 0 Å². The van der Waals surface area contributed by atoms with Crippen molar-refractivity contribution in [3.05, 3.63) is 157 Å². The normalized spacial score (nSPS) is 11.1. The highest BCUT2D eigenvalue weighted by Crippen LogP contribution is 2.49. The molecule has 8 aromatic rings. The monoisotopic (exact) mass is 571 g/mol. The van der Waals surface area contributed by atoms with Gasteiger partial charge in [-0.25, -0.2) is 0 Å². The number of anilines is 2. The van der Waals surface area contributed by atoms with Gasteiger partial charge in [0, 0.05) is 27.6 Å². The lowest BCUT2D eigenvalue weighted by Gasteiger charge is -2.23. The van der Waals surface area contributed by atoms with Crippen molar-refractivity contribution in [2.75, 3.05) is 5.32 Å². The Hall–Kier alpha value is -6.42. The van der Waals surface area contributed by atoms with Gasteiger partial charge in [0.2, 0.25) is 0 Å². The molecule has 0 aliphatic heterocycles. The predicted octanol–water partition coefficient (Wildman–Crippen LogP) is 11.1. The number of nitriles is 2. The molecule has 0 saturated heterocycles. The van der Waals surface area contributed by atoms with E-state index < -0.39 is 0 Å². The van der Waals surface area contributed by atoms with Gasteiger partial charge in [-0.1, -0.05) is 115 Å². The van der Waals surface area contributed by atoms with Crippen molar-refractivity contribution in [2.24, 2.45) is 0 Å². The Balaban J connectivity index is 1.58. The largest absolute Gasteiger partial charge is 0.354 e. The minimum Gasteiger partial charge on any atom is -0.354 e. The van der Waals surface area contributed by atoms with Crippen molar-refractivity contribution in [1.82, 2.24) is 0 Å². The Morgan fingerprint density at radius 3 is 1.84 bits per heavy atom. The average molecular weight is 572 g/mol. The molecule has 208 valence electrons. The number of rotatable bonds is 4. The molecule has 0 bridgehead atoms. The standard InChI is InChI=1S/C42H25N3/c43-25-33-22-32-21-29-14-4-5-15-30(29)23-37(32)40(38(33)26-44)41-36(28-11-2-1-3-12-28)24-31-16-7-9-19-35(31)42(41)45-39-20-10-17-27-13-6-8-18-34(27)39/h1-24,45H. The predicted molar refractivity (Wildman–Crippen MR) is 186 cm³/mol. The molecule has 0 spiro atoms. The van der Waals surface area contributed by atoms with Crippen molar-refractivity contribution in [3.63, 3.8) is 0 Å². The van der Waals surface area contributed by atoms with E-state index in [0.29, 0.717) is 11.1 Å². The Labute approximate surface area is 260 Å². The van der Waals surface area contributed by atoms with Gasteiger partial charge in [0.15, 0.2) is 0 Å². The van der Waals surface area contributed by atoms with E-state index in [-0.39, 0.29) is 0 Å². The summed E-state index contributed by atoms with van der Waals surface area (Å²) in [6.45, 7) is 0. The van der Waals surface area contributed by atoms with E-state index in [1.807, 2.05) is 48.5 Å². The highest BCUT2D eigenvalue weighted by Gasteiger charge is 2.24. The van der Waals surface area contributed by atoms with E-state index in [1.165, 1.54) is 0 Å². The van der Waals surface area contributed by atoms with E-state index in [9.17, 15) is 10.5 Å². The van der Waals surface area contributed by atoms with Crippen LogP contribution in [0.1, 0.15) is 11.1 Å². The molecule has 0 atom stereocenters. The molecule has 0 aliphatic rings. The van der Waals surface area contributed by atoms with Crippen molar-refractivity contribution >= 4 is 54.5 Å². The van der Waals surface area contributed by atoms with Gasteiger partial charge in [-0.15, -0.1) is 0 Å². The first-order chi connectivity index (χ1) is 22.2. The highest BCUT2D eigenvalue weighted by molar-refractivity contribution is 6.17. The average Bonchev–Trinajstić information content (AvgIpc) is 3.10. The fourth-order valence-corrected chi connectivity index (χ4v) is 6.61. The third-order valence-corrected chi connectivity index (χ3v) is 8.67. The van der Waals surface area contributed by atoms with Crippen LogP contribution in [0.25, 0.3) is 65.3 Å². The molecule has 0 aromatic heterocycles. The van der Waals surface area contributed by atoms with Crippen molar-refractivity contribution in [1.29, 1.82) is 10.5 Å². The Bertz CT molecular complexity index is 2530. The Kier molecular flexibility index (Phi) is 6.23. The van der Waals surface area contributed by atoms with Crippen LogP contribution >= 0.6 is 0 Å². The van der Waals surface area contributed by atoms with Gasteiger partial charge in [-0.05, 0) is 73.8 Å². The quantitative estimate of drug-likeness (QED) is 0.214. The van der Waals surface area contributed by atoms with Crippen LogP contribution in [0.5, 0.6) is 0 Å². The van der Waals surface area contributed by atoms with Crippen LogP contribution in [0.2, 0.25) is 0 Å². The number of nitrogens with zero attached hydrogens (tertiary/aromatic N) is 2. The zero-order valence-corrected chi connectivity index (χ0v) is 24.3. The zero-order chi connectivity index (χ0) is 30.3. The number of hydrogen-bond acceptors (Lipinski definition) is 3. The van der Waals surface area contributed by atoms with Crippen LogP contribution in [-0.2, 0) is 0 Å². The lowest BCUT2D eigenvalue weighted by molar-refractivity contribution is 1.44. The summed E-state index contributed by atoms with van der Waals surface area (Å²) in [6.07, 6.45) is 0. The number of nitrogens with one attached hydrogen (secondary N) is 1. The van der Waals surface area contributed by atoms with E-state index in [0.717, 1.165) is 76.7 Å². The SMILES string of the molecule is N#Cc1cc2cc3ccccc3cc2c(-c2c(-c3ccccc3)cc3ccccc3c2Nc2cccc3ccccc23)c1C#N. The highest BCUT2D eigenvalue weighted by atomic mass is 14.9. The summed E-state index contributed by atoms with van der Waals surface area (Å²) in [7, 11) is 0. The van der Waals surface area contributed by atoms with Crippen LogP contribution in [0, 0.1) is 22.7 Å². The fourth-order valence-electron chi connectivity index (χ4n) is 6.61. The van der Waals surface area contributed by atoms with Crippen molar-refractivity contribution in [2.45, 2.75) is 0 Å². The molecule has 1 N–H and O–H groups in total. The maximum Gasteiger partial charge on any atom is 0.101 e. The van der Waals surface area contributed by atoms with Crippen molar-refractivity contribution in [3.8, 4) is 34.4 Å².